The first kappa shape index (κ1) is 17.8. The number of nitro benzene ring substituents is 1. The van der Waals surface area contributed by atoms with Crippen LogP contribution in [0, 0.1) is 10.1 Å². The van der Waals surface area contributed by atoms with Crippen LogP contribution in [0.25, 0.3) is 5.69 Å². The molecule has 0 spiro atoms. The summed E-state index contributed by atoms with van der Waals surface area (Å²) in [6.45, 7) is 0. The molecule has 3 aromatic rings. The van der Waals surface area contributed by atoms with E-state index in [1.54, 1.807) is 36.4 Å². The van der Waals surface area contributed by atoms with Crippen LogP contribution in [-0.2, 0) is 0 Å². The van der Waals surface area contributed by atoms with Gasteiger partial charge in [-0.1, -0.05) is 30.3 Å². The smallest absolute Gasteiger partial charge is 0.292 e. The van der Waals surface area contributed by atoms with Gasteiger partial charge in [0.15, 0.2) is 11.4 Å². The number of nitrogens with zero attached hydrogens (tertiary/aromatic N) is 3. The first-order valence-corrected chi connectivity index (χ1v) is 7.80. The molecule has 0 saturated carbocycles. The number of methoxy groups -OCH3 is 1. The quantitative estimate of drug-likeness (QED) is 0.547. The fourth-order valence-electron chi connectivity index (χ4n) is 2.43. The van der Waals surface area contributed by atoms with Crippen molar-refractivity contribution in [3.8, 4) is 11.4 Å². The number of nitro groups is 1. The van der Waals surface area contributed by atoms with Gasteiger partial charge in [0, 0.05) is 6.07 Å². The van der Waals surface area contributed by atoms with Crippen LogP contribution in [0.1, 0.15) is 10.5 Å². The van der Waals surface area contributed by atoms with E-state index in [-0.39, 0.29) is 22.8 Å². The molecule has 0 radical (unpaired) electrons. The van der Waals surface area contributed by atoms with Crippen molar-refractivity contribution in [1.29, 1.82) is 0 Å². The predicted octanol–water partition coefficient (Wildman–Crippen LogP) is 2.40. The SMILES string of the molecule is COc1cc(=O)n(-c2ccccc2)nc1C(=O)Nc1ccccc1[N+](=O)[O-]. The van der Waals surface area contributed by atoms with Gasteiger partial charge < -0.3 is 10.1 Å². The largest absolute Gasteiger partial charge is 0.494 e. The molecule has 0 fully saturated rings. The van der Waals surface area contributed by atoms with Gasteiger partial charge in [-0.15, -0.1) is 0 Å². The predicted molar refractivity (Wildman–Crippen MR) is 97.4 cm³/mol. The van der Waals surface area contributed by atoms with Gasteiger partial charge in [0.2, 0.25) is 0 Å². The van der Waals surface area contributed by atoms with E-state index in [0.29, 0.717) is 5.69 Å². The molecular formula is C18H14N4O5. The summed E-state index contributed by atoms with van der Waals surface area (Å²) in [5.41, 5.74) is -0.459. The molecule has 1 amide bonds. The minimum atomic E-state index is -0.745. The summed E-state index contributed by atoms with van der Waals surface area (Å²) in [5, 5.41) is 17.6. The van der Waals surface area contributed by atoms with Crippen LogP contribution in [-0.4, -0.2) is 27.7 Å². The van der Waals surface area contributed by atoms with Crippen molar-refractivity contribution >= 4 is 17.3 Å². The van der Waals surface area contributed by atoms with Crippen molar-refractivity contribution in [2.45, 2.75) is 0 Å². The zero-order valence-corrected chi connectivity index (χ0v) is 14.2. The fourth-order valence-corrected chi connectivity index (χ4v) is 2.43. The number of carbonyl (C=O) groups excluding carboxylic acids is 1. The van der Waals surface area contributed by atoms with Gasteiger partial charge in [0.05, 0.1) is 23.8 Å². The number of amides is 1. The van der Waals surface area contributed by atoms with Gasteiger partial charge in [-0.25, -0.2) is 0 Å². The first-order valence-electron chi connectivity index (χ1n) is 7.80. The number of para-hydroxylation sites is 3. The van der Waals surface area contributed by atoms with Crippen LogP contribution in [0.2, 0.25) is 0 Å². The van der Waals surface area contributed by atoms with Gasteiger partial charge in [-0.2, -0.15) is 9.78 Å². The lowest BCUT2D eigenvalue weighted by Gasteiger charge is -2.11. The van der Waals surface area contributed by atoms with Gasteiger partial charge in [-0.05, 0) is 18.2 Å². The molecule has 9 nitrogen and oxygen atoms in total. The maximum Gasteiger partial charge on any atom is 0.292 e. The molecule has 0 saturated heterocycles. The topological polar surface area (TPSA) is 116 Å². The average molecular weight is 366 g/mol. The summed E-state index contributed by atoms with van der Waals surface area (Å²) >= 11 is 0. The molecule has 0 aliphatic rings. The Morgan fingerprint density at radius 2 is 1.81 bits per heavy atom. The Kier molecular flexibility index (Phi) is 4.93. The highest BCUT2D eigenvalue weighted by Gasteiger charge is 2.21. The molecule has 0 aliphatic heterocycles. The maximum absolute atomic E-state index is 12.7. The fraction of sp³-hybridized carbons (Fsp3) is 0.0556. The normalized spacial score (nSPS) is 10.3. The highest BCUT2D eigenvalue weighted by Crippen LogP contribution is 2.24. The number of ether oxygens (including phenoxy) is 1. The number of anilines is 1. The molecule has 9 heteroatoms. The summed E-state index contributed by atoms with van der Waals surface area (Å²) < 4.78 is 6.14. The van der Waals surface area contributed by atoms with Crippen molar-refractivity contribution in [1.82, 2.24) is 9.78 Å². The van der Waals surface area contributed by atoms with Gasteiger partial charge in [-0.3, -0.25) is 19.7 Å². The van der Waals surface area contributed by atoms with E-state index in [9.17, 15) is 19.7 Å². The zero-order valence-electron chi connectivity index (χ0n) is 14.2. The third-order valence-electron chi connectivity index (χ3n) is 3.68. The number of benzene rings is 2. The van der Waals surface area contributed by atoms with E-state index < -0.39 is 16.4 Å². The van der Waals surface area contributed by atoms with Gasteiger partial charge in [0.1, 0.15) is 5.69 Å². The summed E-state index contributed by atoms with van der Waals surface area (Å²) in [7, 11) is 1.30. The lowest BCUT2D eigenvalue weighted by Crippen LogP contribution is -2.26. The minimum absolute atomic E-state index is 0.00816. The van der Waals surface area contributed by atoms with E-state index >= 15 is 0 Å². The minimum Gasteiger partial charge on any atom is -0.494 e. The Balaban J connectivity index is 2.04. The van der Waals surface area contributed by atoms with E-state index in [1.807, 2.05) is 0 Å². The lowest BCUT2D eigenvalue weighted by atomic mass is 10.2. The number of rotatable bonds is 5. The van der Waals surface area contributed by atoms with Crippen molar-refractivity contribution < 1.29 is 14.5 Å². The third kappa shape index (κ3) is 3.66. The highest BCUT2D eigenvalue weighted by molar-refractivity contribution is 6.05. The van der Waals surface area contributed by atoms with E-state index in [4.69, 9.17) is 4.74 Å². The van der Waals surface area contributed by atoms with Crippen molar-refractivity contribution in [3.63, 3.8) is 0 Å². The van der Waals surface area contributed by atoms with Crippen molar-refractivity contribution in [2.24, 2.45) is 0 Å². The monoisotopic (exact) mass is 366 g/mol. The Morgan fingerprint density at radius 3 is 2.48 bits per heavy atom. The molecule has 0 unspecified atom stereocenters. The molecule has 1 aromatic heterocycles. The Hall–Kier alpha value is -4.01. The summed E-state index contributed by atoms with van der Waals surface area (Å²) in [4.78, 5) is 35.5. The highest BCUT2D eigenvalue weighted by atomic mass is 16.6. The summed E-state index contributed by atoms with van der Waals surface area (Å²) in [6, 6.07) is 15.4. The standard InChI is InChI=1S/C18H14N4O5/c1-27-15-11-16(23)21(12-7-3-2-4-8-12)20-17(15)18(24)19-13-9-5-6-10-14(13)22(25)26/h2-11H,1H3,(H,19,24). The molecule has 1 N–H and O–H groups in total. The maximum atomic E-state index is 12.7. The Morgan fingerprint density at radius 1 is 1.15 bits per heavy atom. The van der Waals surface area contributed by atoms with Crippen LogP contribution in [0.3, 0.4) is 0 Å². The second-order valence-electron chi connectivity index (χ2n) is 5.38. The van der Waals surface area contributed by atoms with Crippen LogP contribution in [0.4, 0.5) is 11.4 Å². The number of carbonyl (C=O) groups is 1. The summed E-state index contributed by atoms with van der Waals surface area (Å²) in [5.74, 6) is -0.783. The van der Waals surface area contributed by atoms with Crippen LogP contribution in [0.5, 0.6) is 5.75 Å². The molecule has 0 bridgehead atoms. The third-order valence-corrected chi connectivity index (χ3v) is 3.68. The van der Waals surface area contributed by atoms with Crippen LogP contribution in [0.15, 0.2) is 65.5 Å². The van der Waals surface area contributed by atoms with Crippen LogP contribution < -0.4 is 15.6 Å². The lowest BCUT2D eigenvalue weighted by molar-refractivity contribution is -0.383. The number of aromatic nitrogens is 2. The molecule has 1 heterocycles. The molecule has 27 heavy (non-hydrogen) atoms. The number of nitrogens with one attached hydrogen (secondary N) is 1. The Bertz CT molecular complexity index is 1060. The van der Waals surface area contributed by atoms with Crippen molar-refractivity contribution in [2.75, 3.05) is 12.4 Å². The van der Waals surface area contributed by atoms with E-state index in [0.717, 1.165) is 10.7 Å². The van der Waals surface area contributed by atoms with Gasteiger partial charge in [0.25, 0.3) is 17.2 Å². The van der Waals surface area contributed by atoms with E-state index in [1.165, 1.54) is 25.3 Å². The second kappa shape index (κ2) is 7.48. The first-order chi connectivity index (χ1) is 13.0. The van der Waals surface area contributed by atoms with Gasteiger partial charge >= 0.3 is 0 Å². The molecular weight excluding hydrogens is 352 g/mol. The zero-order chi connectivity index (χ0) is 19.4. The summed E-state index contributed by atoms with van der Waals surface area (Å²) in [6.07, 6.45) is 0. The second-order valence-corrected chi connectivity index (χ2v) is 5.38. The molecule has 3 rings (SSSR count). The molecule has 136 valence electrons. The Labute approximate surface area is 153 Å². The molecule has 2 aromatic carbocycles. The van der Waals surface area contributed by atoms with Crippen molar-refractivity contribution in [3.05, 3.63) is 86.8 Å². The van der Waals surface area contributed by atoms with Crippen LogP contribution >= 0.6 is 0 Å². The average Bonchev–Trinajstić information content (AvgIpc) is 2.68. The number of hydrogen-bond acceptors (Lipinski definition) is 6. The molecule has 0 atom stereocenters. The molecule has 0 aliphatic carbocycles. The number of hydrogen-bond donors (Lipinski definition) is 1. The van der Waals surface area contributed by atoms with E-state index in [2.05, 4.69) is 10.4 Å².